The lowest BCUT2D eigenvalue weighted by atomic mass is 10.1. The zero-order valence-corrected chi connectivity index (χ0v) is 15.8. The van der Waals surface area contributed by atoms with E-state index < -0.39 is 0 Å². The van der Waals surface area contributed by atoms with Gasteiger partial charge in [-0.05, 0) is 84.0 Å². The number of nitrogens with zero attached hydrogens (tertiary/aromatic N) is 1. The second-order valence-corrected chi connectivity index (χ2v) is 7.42. The van der Waals surface area contributed by atoms with E-state index >= 15 is 0 Å². The van der Waals surface area contributed by atoms with Gasteiger partial charge in [0, 0.05) is 27.9 Å². The second kappa shape index (κ2) is 6.93. The van der Waals surface area contributed by atoms with Crippen LogP contribution in [0.2, 0.25) is 0 Å². The van der Waals surface area contributed by atoms with E-state index in [1.807, 2.05) is 56.3 Å². The molecule has 24 heavy (non-hydrogen) atoms. The highest BCUT2D eigenvalue weighted by atomic mass is 127. The van der Waals surface area contributed by atoms with Crippen LogP contribution in [0.1, 0.15) is 17.5 Å². The molecule has 1 atom stereocenters. The van der Waals surface area contributed by atoms with Crippen LogP contribution in [0.3, 0.4) is 0 Å². The molecule has 0 aromatic heterocycles. The first-order valence-corrected chi connectivity index (χ1v) is 8.96. The lowest BCUT2D eigenvalue weighted by Gasteiger charge is -2.18. The van der Waals surface area contributed by atoms with Gasteiger partial charge in [-0.1, -0.05) is 6.07 Å². The van der Waals surface area contributed by atoms with E-state index in [-0.39, 0.29) is 24.2 Å². The van der Waals surface area contributed by atoms with Crippen LogP contribution in [0.5, 0.6) is 0 Å². The molecule has 0 saturated carbocycles. The monoisotopic (exact) mass is 434 g/mol. The molecule has 2 aromatic rings. The summed E-state index contributed by atoms with van der Waals surface area (Å²) in [5.74, 6) is -0.421. The highest BCUT2D eigenvalue weighted by Gasteiger charge is 2.35. The Morgan fingerprint density at radius 3 is 2.50 bits per heavy atom. The lowest BCUT2D eigenvalue weighted by molar-refractivity contribution is -0.122. The minimum Gasteiger partial charge on any atom is -0.326 e. The molecular formula is C19H19IN2O2. The first kappa shape index (κ1) is 17.0. The number of carbonyl (C=O) groups excluding carboxylic acids is 2. The van der Waals surface area contributed by atoms with Crippen LogP contribution in [0.15, 0.2) is 42.5 Å². The number of hydrogen-bond acceptors (Lipinski definition) is 2. The highest BCUT2D eigenvalue weighted by Crippen LogP contribution is 2.27. The third kappa shape index (κ3) is 3.61. The van der Waals surface area contributed by atoms with E-state index in [0.717, 1.165) is 20.5 Å². The molecule has 1 aliphatic heterocycles. The maximum atomic E-state index is 12.5. The normalized spacial score (nSPS) is 17.2. The van der Waals surface area contributed by atoms with Crippen molar-refractivity contribution in [2.45, 2.75) is 20.3 Å². The van der Waals surface area contributed by atoms with E-state index in [1.165, 1.54) is 5.56 Å². The maximum absolute atomic E-state index is 12.5. The third-order valence-corrected chi connectivity index (χ3v) is 5.13. The zero-order valence-electron chi connectivity index (χ0n) is 13.7. The smallest absolute Gasteiger partial charge is 0.229 e. The van der Waals surface area contributed by atoms with E-state index in [1.54, 1.807) is 4.90 Å². The average molecular weight is 434 g/mol. The van der Waals surface area contributed by atoms with E-state index in [2.05, 4.69) is 27.9 Å². The van der Waals surface area contributed by atoms with Crippen LogP contribution in [0.4, 0.5) is 11.4 Å². The number of benzene rings is 2. The minimum atomic E-state index is -0.321. The highest BCUT2D eigenvalue weighted by molar-refractivity contribution is 14.1. The summed E-state index contributed by atoms with van der Waals surface area (Å²) in [4.78, 5) is 26.5. The van der Waals surface area contributed by atoms with Crippen LogP contribution in [0.25, 0.3) is 0 Å². The molecule has 0 bridgehead atoms. The van der Waals surface area contributed by atoms with Gasteiger partial charge in [0.1, 0.15) is 0 Å². The number of carbonyl (C=O) groups is 2. The largest absolute Gasteiger partial charge is 0.326 e. The summed E-state index contributed by atoms with van der Waals surface area (Å²) in [5, 5.41) is 2.90. The van der Waals surface area contributed by atoms with Crippen LogP contribution >= 0.6 is 22.6 Å². The van der Waals surface area contributed by atoms with E-state index in [9.17, 15) is 9.59 Å². The molecule has 124 valence electrons. The van der Waals surface area contributed by atoms with Gasteiger partial charge < -0.3 is 10.2 Å². The molecule has 1 fully saturated rings. The molecule has 0 unspecified atom stereocenters. The van der Waals surface area contributed by atoms with Crippen LogP contribution in [-0.4, -0.2) is 18.4 Å². The Labute approximate surface area is 155 Å². The van der Waals surface area contributed by atoms with Gasteiger partial charge in [-0.15, -0.1) is 0 Å². The molecule has 2 amide bonds. The van der Waals surface area contributed by atoms with Crippen molar-refractivity contribution < 1.29 is 9.59 Å². The number of hydrogen-bond donors (Lipinski definition) is 1. The first-order chi connectivity index (χ1) is 11.4. The molecule has 2 aromatic carbocycles. The maximum Gasteiger partial charge on any atom is 0.229 e. The fourth-order valence-corrected chi connectivity index (χ4v) is 3.16. The number of aryl methyl sites for hydroxylation is 2. The van der Waals surface area contributed by atoms with Gasteiger partial charge in [0.2, 0.25) is 11.8 Å². The molecule has 1 heterocycles. The quantitative estimate of drug-likeness (QED) is 0.746. The van der Waals surface area contributed by atoms with E-state index in [0.29, 0.717) is 6.54 Å². The third-order valence-electron chi connectivity index (χ3n) is 4.41. The van der Waals surface area contributed by atoms with Crippen molar-refractivity contribution in [3.63, 3.8) is 0 Å². The Morgan fingerprint density at radius 2 is 1.83 bits per heavy atom. The lowest BCUT2D eigenvalue weighted by Crippen LogP contribution is -2.28. The summed E-state index contributed by atoms with van der Waals surface area (Å²) < 4.78 is 1.11. The van der Waals surface area contributed by atoms with Crippen molar-refractivity contribution >= 4 is 45.8 Å². The second-order valence-electron chi connectivity index (χ2n) is 6.17. The molecule has 4 nitrogen and oxygen atoms in total. The van der Waals surface area contributed by atoms with Gasteiger partial charge in [0.25, 0.3) is 0 Å². The molecule has 0 radical (unpaired) electrons. The SMILES string of the molecule is Cc1ccc(N2C[C@@H](C(=O)Nc3ccc(I)cc3)CC2=O)cc1C. The Balaban J connectivity index is 1.70. The molecule has 3 rings (SSSR count). The summed E-state index contributed by atoms with van der Waals surface area (Å²) in [7, 11) is 0. The predicted octanol–water partition coefficient (Wildman–Crippen LogP) is 3.90. The summed E-state index contributed by atoms with van der Waals surface area (Å²) in [6.45, 7) is 4.50. The number of amides is 2. The topological polar surface area (TPSA) is 49.4 Å². The van der Waals surface area contributed by atoms with Crippen LogP contribution in [0, 0.1) is 23.3 Å². The molecule has 0 aliphatic carbocycles. The predicted molar refractivity (Wildman–Crippen MR) is 104 cm³/mol. The van der Waals surface area contributed by atoms with Crippen molar-refractivity contribution in [1.82, 2.24) is 0 Å². The number of halogens is 1. The standard InChI is InChI=1S/C19H19IN2O2/c1-12-3-8-17(9-13(12)2)22-11-14(10-18(22)23)19(24)21-16-6-4-15(20)5-7-16/h3-9,14H,10-11H2,1-2H3,(H,21,24)/t14-/m0/s1. The van der Waals surface area contributed by atoms with Crippen LogP contribution in [-0.2, 0) is 9.59 Å². The summed E-state index contributed by atoms with van der Waals surface area (Å²) in [5.41, 5.74) is 3.97. The fourth-order valence-electron chi connectivity index (χ4n) is 2.80. The molecular weight excluding hydrogens is 415 g/mol. The minimum absolute atomic E-state index is 0.000938. The van der Waals surface area contributed by atoms with Gasteiger partial charge in [-0.25, -0.2) is 0 Å². The van der Waals surface area contributed by atoms with Gasteiger partial charge >= 0.3 is 0 Å². The van der Waals surface area contributed by atoms with E-state index in [4.69, 9.17) is 0 Å². The van der Waals surface area contributed by atoms with Gasteiger partial charge in [-0.3, -0.25) is 9.59 Å². The molecule has 5 heteroatoms. The van der Waals surface area contributed by atoms with Gasteiger partial charge in [0.15, 0.2) is 0 Å². The van der Waals surface area contributed by atoms with Gasteiger partial charge in [-0.2, -0.15) is 0 Å². The summed E-state index contributed by atoms with van der Waals surface area (Å²) in [6.07, 6.45) is 0.253. The van der Waals surface area contributed by atoms with Crippen molar-refractivity contribution in [2.24, 2.45) is 5.92 Å². The van der Waals surface area contributed by atoms with Gasteiger partial charge in [0.05, 0.1) is 5.92 Å². The molecule has 0 spiro atoms. The Hall–Kier alpha value is -1.89. The number of rotatable bonds is 3. The molecule has 1 saturated heterocycles. The Morgan fingerprint density at radius 1 is 1.12 bits per heavy atom. The van der Waals surface area contributed by atoms with Crippen molar-refractivity contribution in [1.29, 1.82) is 0 Å². The molecule has 1 N–H and O–H groups in total. The average Bonchev–Trinajstić information content (AvgIpc) is 2.94. The van der Waals surface area contributed by atoms with Crippen molar-refractivity contribution in [2.75, 3.05) is 16.8 Å². The first-order valence-electron chi connectivity index (χ1n) is 7.88. The molecule has 1 aliphatic rings. The summed E-state index contributed by atoms with van der Waals surface area (Å²) in [6, 6.07) is 13.6. The van der Waals surface area contributed by atoms with Crippen molar-refractivity contribution in [3.8, 4) is 0 Å². The number of nitrogens with one attached hydrogen (secondary N) is 1. The zero-order chi connectivity index (χ0) is 17.3. The van der Waals surface area contributed by atoms with Crippen LogP contribution < -0.4 is 10.2 Å². The fraction of sp³-hybridized carbons (Fsp3) is 0.263. The van der Waals surface area contributed by atoms with Crippen molar-refractivity contribution in [3.05, 3.63) is 57.2 Å². The number of anilines is 2. The summed E-state index contributed by atoms with van der Waals surface area (Å²) >= 11 is 2.22. The Kier molecular flexibility index (Phi) is 4.89. The Bertz CT molecular complexity index is 786.